The van der Waals surface area contributed by atoms with Crippen LogP contribution in [0.2, 0.25) is 0 Å². The average Bonchev–Trinajstić information content (AvgIpc) is 2.76. The molecule has 0 unspecified atom stereocenters. The minimum absolute atomic E-state index is 0.139. The first-order valence-electron chi connectivity index (χ1n) is 10.8. The van der Waals surface area contributed by atoms with Crippen molar-refractivity contribution in [2.75, 3.05) is 6.61 Å². The Labute approximate surface area is 188 Å². The van der Waals surface area contributed by atoms with Crippen LogP contribution in [0.3, 0.4) is 0 Å². The summed E-state index contributed by atoms with van der Waals surface area (Å²) in [5.41, 5.74) is 1.34. The van der Waals surface area contributed by atoms with Crippen molar-refractivity contribution in [3.63, 3.8) is 0 Å². The maximum atomic E-state index is 12.5. The van der Waals surface area contributed by atoms with Gasteiger partial charge in [-0.3, -0.25) is 0 Å². The van der Waals surface area contributed by atoms with Crippen LogP contribution in [0.5, 0.6) is 0 Å². The predicted molar refractivity (Wildman–Crippen MR) is 123 cm³/mol. The summed E-state index contributed by atoms with van der Waals surface area (Å²) in [5.74, 6) is -1.01. The van der Waals surface area contributed by atoms with E-state index in [0.717, 1.165) is 22.9 Å². The van der Waals surface area contributed by atoms with Crippen LogP contribution >= 0.6 is 15.9 Å². The third-order valence-corrected chi connectivity index (χ3v) is 5.35. The Morgan fingerprint density at radius 2 is 1.37 bits per heavy atom. The molecule has 0 bridgehead atoms. The van der Waals surface area contributed by atoms with Crippen molar-refractivity contribution in [2.24, 2.45) is 0 Å². The first-order chi connectivity index (χ1) is 14.6. The molecule has 0 amide bonds. The van der Waals surface area contributed by atoms with Crippen LogP contribution in [0.15, 0.2) is 53.0 Å². The van der Waals surface area contributed by atoms with E-state index in [1.54, 1.807) is 24.3 Å². The molecule has 2 rings (SSSR count). The third kappa shape index (κ3) is 8.70. The molecule has 0 heterocycles. The van der Waals surface area contributed by atoms with Gasteiger partial charge in [0, 0.05) is 4.47 Å². The predicted octanol–water partition coefficient (Wildman–Crippen LogP) is 7.10. The molecule has 0 spiro atoms. The lowest BCUT2D eigenvalue weighted by Gasteiger charge is -2.10. The molecule has 2 aromatic carbocycles. The standard InChI is InChI=1S/C25H31BrO4/c1-2-3-4-5-6-7-8-11-17-29-24(27)22-15-9-10-16-23(22)25(28)30-19-20-13-12-14-21(26)18-20/h9-10,12-16,18H,2-8,11,17,19H2,1H3. The minimum Gasteiger partial charge on any atom is -0.462 e. The Kier molecular flexibility index (Phi) is 11.2. The third-order valence-electron chi connectivity index (χ3n) is 4.86. The van der Waals surface area contributed by atoms with Crippen LogP contribution in [0.1, 0.15) is 84.6 Å². The van der Waals surface area contributed by atoms with Gasteiger partial charge in [0.05, 0.1) is 17.7 Å². The van der Waals surface area contributed by atoms with Crippen LogP contribution in [-0.2, 0) is 16.1 Å². The van der Waals surface area contributed by atoms with Crippen LogP contribution in [0.25, 0.3) is 0 Å². The van der Waals surface area contributed by atoms with Gasteiger partial charge < -0.3 is 9.47 Å². The lowest BCUT2D eigenvalue weighted by Crippen LogP contribution is -2.14. The Bertz CT molecular complexity index is 803. The summed E-state index contributed by atoms with van der Waals surface area (Å²) in [6, 6.07) is 14.2. The Morgan fingerprint density at radius 3 is 2.00 bits per heavy atom. The van der Waals surface area contributed by atoms with Crippen molar-refractivity contribution < 1.29 is 19.1 Å². The summed E-state index contributed by atoms with van der Waals surface area (Å²) >= 11 is 3.40. The molecule has 4 nitrogen and oxygen atoms in total. The molecule has 0 aliphatic heterocycles. The molecule has 0 aromatic heterocycles. The second-order valence-electron chi connectivity index (χ2n) is 7.36. The number of halogens is 1. The summed E-state index contributed by atoms with van der Waals surface area (Å²) < 4.78 is 11.7. The van der Waals surface area contributed by atoms with E-state index in [9.17, 15) is 9.59 Å². The summed E-state index contributed by atoms with van der Waals surface area (Å²) in [7, 11) is 0. The molecule has 0 saturated carbocycles. The van der Waals surface area contributed by atoms with E-state index in [4.69, 9.17) is 9.47 Å². The number of esters is 2. The Hall–Kier alpha value is -2.14. The fourth-order valence-corrected chi connectivity index (χ4v) is 3.62. The first-order valence-corrected chi connectivity index (χ1v) is 11.6. The van der Waals surface area contributed by atoms with Gasteiger partial charge in [0.2, 0.25) is 0 Å². The van der Waals surface area contributed by atoms with Gasteiger partial charge in [-0.15, -0.1) is 0 Å². The fourth-order valence-electron chi connectivity index (χ4n) is 3.17. The summed E-state index contributed by atoms with van der Waals surface area (Å²) in [4.78, 5) is 25.0. The monoisotopic (exact) mass is 474 g/mol. The van der Waals surface area contributed by atoms with Crippen LogP contribution < -0.4 is 0 Å². The molecule has 0 fully saturated rings. The van der Waals surface area contributed by atoms with Gasteiger partial charge in [0.1, 0.15) is 6.61 Å². The maximum absolute atomic E-state index is 12.5. The van der Waals surface area contributed by atoms with Gasteiger partial charge in [-0.25, -0.2) is 9.59 Å². The summed E-state index contributed by atoms with van der Waals surface area (Å²) in [5, 5.41) is 0. The van der Waals surface area contributed by atoms with Gasteiger partial charge >= 0.3 is 11.9 Å². The smallest absolute Gasteiger partial charge is 0.339 e. The van der Waals surface area contributed by atoms with E-state index < -0.39 is 11.9 Å². The van der Waals surface area contributed by atoms with E-state index in [1.807, 2.05) is 24.3 Å². The Balaban J connectivity index is 1.77. The Morgan fingerprint density at radius 1 is 0.767 bits per heavy atom. The highest BCUT2D eigenvalue weighted by molar-refractivity contribution is 9.10. The molecule has 162 valence electrons. The molecule has 0 aliphatic carbocycles. The van der Waals surface area contributed by atoms with Crippen molar-refractivity contribution in [3.05, 3.63) is 69.7 Å². The molecule has 30 heavy (non-hydrogen) atoms. The number of benzene rings is 2. The second kappa shape index (κ2) is 14.0. The molecule has 0 aliphatic rings. The lowest BCUT2D eigenvalue weighted by atomic mass is 10.1. The number of ether oxygens (including phenoxy) is 2. The molecule has 0 N–H and O–H groups in total. The number of unbranched alkanes of at least 4 members (excludes halogenated alkanes) is 7. The molecular formula is C25H31BrO4. The second-order valence-corrected chi connectivity index (χ2v) is 8.28. The van der Waals surface area contributed by atoms with Gasteiger partial charge in [-0.2, -0.15) is 0 Å². The number of hydrogen-bond donors (Lipinski definition) is 0. The highest BCUT2D eigenvalue weighted by Crippen LogP contribution is 2.16. The summed E-state index contributed by atoms with van der Waals surface area (Å²) in [6.45, 7) is 2.73. The molecule has 0 saturated heterocycles. The SMILES string of the molecule is CCCCCCCCCCOC(=O)c1ccccc1C(=O)OCc1cccc(Br)c1. The first kappa shape index (κ1) is 24.1. The quantitative estimate of drug-likeness (QED) is 0.229. The molecule has 5 heteroatoms. The molecule has 0 atom stereocenters. The van der Waals surface area contributed by atoms with Gasteiger partial charge in [0.25, 0.3) is 0 Å². The van der Waals surface area contributed by atoms with Crippen LogP contribution in [0.4, 0.5) is 0 Å². The van der Waals surface area contributed by atoms with E-state index in [-0.39, 0.29) is 17.7 Å². The van der Waals surface area contributed by atoms with Crippen molar-refractivity contribution in [1.82, 2.24) is 0 Å². The van der Waals surface area contributed by atoms with Crippen molar-refractivity contribution in [3.8, 4) is 0 Å². The average molecular weight is 475 g/mol. The van der Waals surface area contributed by atoms with Gasteiger partial charge in [-0.1, -0.05) is 92.1 Å². The van der Waals surface area contributed by atoms with E-state index in [2.05, 4.69) is 22.9 Å². The number of hydrogen-bond acceptors (Lipinski definition) is 4. The number of carbonyl (C=O) groups is 2. The maximum Gasteiger partial charge on any atom is 0.339 e. The minimum atomic E-state index is -0.533. The summed E-state index contributed by atoms with van der Waals surface area (Å²) in [6.07, 6.45) is 9.45. The van der Waals surface area contributed by atoms with Crippen molar-refractivity contribution >= 4 is 27.9 Å². The van der Waals surface area contributed by atoms with Gasteiger partial charge in [-0.05, 0) is 36.2 Å². The molecule has 0 radical (unpaired) electrons. The van der Waals surface area contributed by atoms with Crippen LogP contribution in [-0.4, -0.2) is 18.5 Å². The normalized spacial score (nSPS) is 10.6. The highest BCUT2D eigenvalue weighted by atomic mass is 79.9. The largest absolute Gasteiger partial charge is 0.462 e. The van der Waals surface area contributed by atoms with Gasteiger partial charge in [0.15, 0.2) is 0 Å². The number of carbonyl (C=O) groups excluding carboxylic acids is 2. The highest BCUT2D eigenvalue weighted by Gasteiger charge is 2.19. The fraction of sp³-hybridized carbons (Fsp3) is 0.440. The zero-order chi connectivity index (χ0) is 21.6. The zero-order valence-electron chi connectivity index (χ0n) is 17.7. The lowest BCUT2D eigenvalue weighted by molar-refractivity contribution is 0.0436. The topological polar surface area (TPSA) is 52.6 Å². The van der Waals surface area contributed by atoms with E-state index in [0.29, 0.717) is 6.61 Å². The zero-order valence-corrected chi connectivity index (χ0v) is 19.3. The van der Waals surface area contributed by atoms with Crippen molar-refractivity contribution in [2.45, 2.75) is 64.9 Å². The van der Waals surface area contributed by atoms with Crippen LogP contribution in [0, 0.1) is 0 Å². The molecular weight excluding hydrogens is 444 g/mol. The van der Waals surface area contributed by atoms with E-state index >= 15 is 0 Å². The van der Waals surface area contributed by atoms with E-state index in [1.165, 1.54) is 38.5 Å². The molecule has 2 aromatic rings. The number of rotatable bonds is 13. The van der Waals surface area contributed by atoms with Crippen molar-refractivity contribution in [1.29, 1.82) is 0 Å².